The van der Waals surface area contributed by atoms with Gasteiger partial charge in [-0.2, -0.15) is 0 Å². The van der Waals surface area contributed by atoms with Crippen molar-refractivity contribution in [1.82, 2.24) is 0 Å². The molecular weight excluding hydrogens is 220 g/mol. The van der Waals surface area contributed by atoms with Crippen LogP contribution in [0.15, 0.2) is 30.2 Å². The van der Waals surface area contributed by atoms with E-state index in [-0.39, 0.29) is 5.76 Å². The van der Waals surface area contributed by atoms with Crippen LogP contribution in [0.4, 0.5) is 0 Å². The second kappa shape index (κ2) is 6.38. The highest BCUT2D eigenvalue weighted by molar-refractivity contribution is 5.46. The molecular formula is C12H15N2O3+. The van der Waals surface area contributed by atoms with E-state index < -0.39 is 0 Å². The van der Waals surface area contributed by atoms with Crippen molar-refractivity contribution >= 4 is 0 Å². The highest BCUT2D eigenvalue weighted by atomic mass is 16.5. The summed E-state index contributed by atoms with van der Waals surface area (Å²) in [5.41, 5.74) is 0.921. The van der Waals surface area contributed by atoms with Crippen LogP contribution in [0.25, 0.3) is 4.98 Å². The summed E-state index contributed by atoms with van der Waals surface area (Å²) >= 11 is 0. The van der Waals surface area contributed by atoms with Crippen LogP contribution >= 0.6 is 0 Å². The maximum atomic E-state index is 9.34. The molecule has 0 heterocycles. The monoisotopic (exact) mass is 235 g/mol. The van der Waals surface area contributed by atoms with Crippen molar-refractivity contribution < 1.29 is 14.6 Å². The molecule has 5 heteroatoms. The number of nitrogens with zero attached hydrogens (tertiary/aromatic N) is 2. The van der Waals surface area contributed by atoms with Gasteiger partial charge in [0.1, 0.15) is 0 Å². The van der Waals surface area contributed by atoms with Crippen LogP contribution in [0.3, 0.4) is 0 Å². The summed E-state index contributed by atoms with van der Waals surface area (Å²) in [4.78, 5) is 2.76. The van der Waals surface area contributed by atoms with Crippen molar-refractivity contribution in [3.05, 3.63) is 40.7 Å². The zero-order valence-electron chi connectivity index (χ0n) is 9.88. The van der Waals surface area contributed by atoms with E-state index in [1.54, 1.807) is 20.3 Å². The molecule has 0 amide bonds. The molecule has 0 fully saturated rings. The zero-order chi connectivity index (χ0) is 12.7. The van der Waals surface area contributed by atoms with Crippen molar-refractivity contribution in [2.75, 3.05) is 14.2 Å². The molecule has 0 saturated heterocycles. The largest absolute Gasteiger partial charge is 0.505 e. The Morgan fingerprint density at radius 2 is 2.18 bits per heavy atom. The maximum Gasteiger partial charge on any atom is 0.387 e. The number of aliphatic hydroxyl groups excluding tert-OH is 1. The fraction of sp³-hybridized carbons (Fsp3) is 0.333. The number of allylic oxidation sites excluding steroid dienone is 1. The summed E-state index contributed by atoms with van der Waals surface area (Å²) in [6.45, 7) is 0. The standard InChI is InChI=1S/C12H14N2O3/c1-16-11-5-3-4-9(12(11)17-2)6-7-10(15)8-14-13/h3-5,8H,6-7H2,1-2H3/p+1/b10-8+. The molecule has 5 nitrogen and oxygen atoms in total. The fourth-order valence-electron chi connectivity index (χ4n) is 1.54. The van der Waals surface area contributed by atoms with Gasteiger partial charge in [-0.05, 0) is 18.1 Å². The number of hydrogen-bond acceptors (Lipinski definition) is 4. The third kappa shape index (κ3) is 3.38. The molecule has 1 N–H and O–H groups in total. The van der Waals surface area contributed by atoms with Gasteiger partial charge in [-0.25, -0.2) is 0 Å². The van der Waals surface area contributed by atoms with Gasteiger partial charge in [0, 0.05) is 6.42 Å². The van der Waals surface area contributed by atoms with Crippen LogP contribution in [0.2, 0.25) is 0 Å². The van der Waals surface area contributed by atoms with Gasteiger partial charge in [-0.15, -0.1) is 0 Å². The Balaban J connectivity index is 2.85. The molecule has 1 aromatic rings. The Labute approximate surface area is 99.9 Å². The lowest BCUT2D eigenvalue weighted by Gasteiger charge is -2.11. The molecule has 90 valence electrons. The zero-order valence-corrected chi connectivity index (χ0v) is 9.88. The first-order valence-corrected chi connectivity index (χ1v) is 5.15. The first-order valence-electron chi connectivity index (χ1n) is 5.15. The highest BCUT2D eigenvalue weighted by Gasteiger charge is 2.10. The van der Waals surface area contributed by atoms with E-state index in [0.29, 0.717) is 24.3 Å². The Morgan fingerprint density at radius 3 is 2.76 bits per heavy atom. The molecule has 0 bridgehead atoms. The molecule has 0 aliphatic carbocycles. The third-order valence-corrected chi connectivity index (χ3v) is 2.34. The average molecular weight is 235 g/mol. The minimum absolute atomic E-state index is 0.0115. The van der Waals surface area contributed by atoms with Gasteiger partial charge < -0.3 is 14.6 Å². The number of aryl methyl sites for hydroxylation is 1. The number of ether oxygens (including phenoxy) is 2. The van der Waals surface area contributed by atoms with Gasteiger partial charge >= 0.3 is 6.20 Å². The minimum Gasteiger partial charge on any atom is -0.505 e. The lowest BCUT2D eigenvalue weighted by Crippen LogP contribution is -1.97. The summed E-state index contributed by atoms with van der Waals surface area (Å²) in [5.74, 6) is 1.32. The van der Waals surface area contributed by atoms with E-state index >= 15 is 0 Å². The van der Waals surface area contributed by atoms with E-state index in [9.17, 15) is 5.11 Å². The number of aliphatic hydroxyl groups is 1. The molecule has 0 radical (unpaired) electrons. The van der Waals surface area contributed by atoms with E-state index in [2.05, 4.69) is 4.98 Å². The normalized spacial score (nSPS) is 10.8. The molecule has 0 aliphatic rings. The highest BCUT2D eigenvalue weighted by Crippen LogP contribution is 2.31. The van der Waals surface area contributed by atoms with E-state index in [1.165, 1.54) is 0 Å². The van der Waals surface area contributed by atoms with Crippen LogP contribution in [-0.4, -0.2) is 19.3 Å². The van der Waals surface area contributed by atoms with Crippen molar-refractivity contribution in [3.63, 3.8) is 0 Å². The van der Waals surface area contributed by atoms with Crippen LogP contribution in [-0.2, 0) is 6.42 Å². The first-order chi connectivity index (χ1) is 8.22. The molecule has 1 aromatic carbocycles. The number of diazo groups is 1. The van der Waals surface area contributed by atoms with Crippen LogP contribution in [0.1, 0.15) is 12.0 Å². The van der Waals surface area contributed by atoms with Crippen molar-refractivity contribution in [2.24, 2.45) is 0 Å². The molecule has 0 aromatic heterocycles. The van der Waals surface area contributed by atoms with Crippen molar-refractivity contribution in [2.45, 2.75) is 12.8 Å². The molecule has 1 rings (SSSR count). The average Bonchev–Trinajstić information content (AvgIpc) is 2.36. The number of rotatable bonds is 5. The maximum absolute atomic E-state index is 9.34. The quantitative estimate of drug-likeness (QED) is 0.629. The number of para-hydroxylation sites is 1. The Kier molecular flexibility index (Phi) is 4.82. The van der Waals surface area contributed by atoms with Gasteiger partial charge in [0.25, 0.3) is 0 Å². The number of benzene rings is 1. The second-order valence-corrected chi connectivity index (χ2v) is 3.39. The molecule has 0 spiro atoms. The number of hydrogen-bond donors (Lipinski definition) is 1. The SMILES string of the molecule is COc1cccc(CC/C(O)=C\[N+]#N)c1OC. The Bertz CT molecular complexity index is 450. The minimum atomic E-state index is 0.0115. The predicted octanol–water partition coefficient (Wildman–Crippen LogP) is 2.89. The van der Waals surface area contributed by atoms with Gasteiger partial charge in [-0.3, -0.25) is 0 Å². The molecule has 0 unspecified atom stereocenters. The lowest BCUT2D eigenvalue weighted by atomic mass is 10.1. The summed E-state index contributed by atoms with van der Waals surface area (Å²) in [6, 6.07) is 5.56. The van der Waals surface area contributed by atoms with E-state index in [4.69, 9.17) is 14.9 Å². The number of methoxy groups -OCH3 is 2. The molecule has 0 saturated carbocycles. The lowest BCUT2D eigenvalue weighted by molar-refractivity contribution is 0.349. The van der Waals surface area contributed by atoms with Crippen LogP contribution in [0.5, 0.6) is 11.5 Å². The van der Waals surface area contributed by atoms with Gasteiger partial charge in [-0.1, -0.05) is 12.1 Å². The molecule has 0 aliphatic heterocycles. The fourth-order valence-corrected chi connectivity index (χ4v) is 1.54. The van der Waals surface area contributed by atoms with Gasteiger partial charge in [0.2, 0.25) is 5.39 Å². The van der Waals surface area contributed by atoms with Crippen LogP contribution in [0, 0.1) is 5.39 Å². The van der Waals surface area contributed by atoms with E-state index in [1.807, 2.05) is 12.1 Å². The van der Waals surface area contributed by atoms with Gasteiger partial charge in [0.15, 0.2) is 22.2 Å². The van der Waals surface area contributed by atoms with Crippen molar-refractivity contribution in [3.8, 4) is 11.5 Å². The Hall–Kier alpha value is -2.22. The van der Waals surface area contributed by atoms with Crippen molar-refractivity contribution in [1.29, 1.82) is 5.39 Å². The van der Waals surface area contributed by atoms with E-state index in [0.717, 1.165) is 11.8 Å². The predicted molar refractivity (Wildman–Crippen MR) is 63.7 cm³/mol. The molecule has 0 atom stereocenters. The summed E-state index contributed by atoms with van der Waals surface area (Å²) in [5, 5.41) is 17.6. The summed E-state index contributed by atoms with van der Waals surface area (Å²) < 4.78 is 10.4. The topological polar surface area (TPSA) is 66.8 Å². The van der Waals surface area contributed by atoms with Gasteiger partial charge in [0.05, 0.1) is 14.2 Å². The Morgan fingerprint density at radius 1 is 1.41 bits per heavy atom. The van der Waals surface area contributed by atoms with Crippen LogP contribution < -0.4 is 9.47 Å². The summed E-state index contributed by atoms with van der Waals surface area (Å²) in [6.07, 6.45) is 1.94. The smallest absolute Gasteiger partial charge is 0.387 e. The molecule has 17 heavy (non-hydrogen) atoms. The second-order valence-electron chi connectivity index (χ2n) is 3.39. The first kappa shape index (κ1) is 12.8. The summed E-state index contributed by atoms with van der Waals surface area (Å²) in [7, 11) is 3.14. The third-order valence-electron chi connectivity index (χ3n) is 2.34.